The largest absolute Gasteiger partial charge is 0.312 e. The summed E-state index contributed by atoms with van der Waals surface area (Å²) in [7, 11) is 0. The van der Waals surface area contributed by atoms with Crippen molar-refractivity contribution in [2.75, 3.05) is 19.6 Å². The molecule has 1 N–H and O–H groups in total. The Morgan fingerprint density at radius 1 is 1.33 bits per heavy atom. The first-order valence-corrected chi connectivity index (χ1v) is 8.58. The zero-order valence-corrected chi connectivity index (χ0v) is 13.4. The normalized spacial score (nSPS) is 20.3. The molecule has 1 atom stereocenters. The van der Waals surface area contributed by atoms with E-state index in [1.54, 1.807) is 11.3 Å². The second-order valence-corrected chi connectivity index (χ2v) is 6.85. The van der Waals surface area contributed by atoms with E-state index in [0.29, 0.717) is 6.04 Å². The molecule has 1 saturated heterocycles. The molecule has 0 saturated carbocycles. The first-order chi connectivity index (χ1) is 10.3. The first kappa shape index (κ1) is 14.7. The predicted octanol–water partition coefficient (Wildman–Crippen LogP) is 2.86. The first-order valence-electron chi connectivity index (χ1n) is 7.70. The summed E-state index contributed by atoms with van der Waals surface area (Å²) in [6.45, 7) is 6.44. The van der Waals surface area contributed by atoms with Gasteiger partial charge in [-0.25, -0.2) is 4.98 Å². The van der Waals surface area contributed by atoms with Crippen LogP contribution in [0.3, 0.4) is 0 Å². The van der Waals surface area contributed by atoms with E-state index in [1.165, 1.54) is 22.7 Å². The lowest BCUT2D eigenvalue weighted by molar-refractivity contribution is 0.256. The van der Waals surface area contributed by atoms with E-state index < -0.39 is 0 Å². The van der Waals surface area contributed by atoms with Gasteiger partial charge in [-0.2, -0.15) is 0 Å². The van der Waals surface area contributed by atoms with E-state index >= 15 is 0 Å². The molecule has 4 heteroatoms. The molecule has 0 radical (unpaired) electrons. The van der Waals surface area contributed by atoms with Crippen LogP contribution in [0.2, 0.25) is 0 Å². The third-order valence-electron chi connectivity index (χ3n) is 3.94. The molecule has 0 amide bonds. The summed E-state index contributed by atoms with van der Waals surface area (Å²) < 4.78 is 0. The van der Waals surface area contributed by atoms with Crippen molar-refractivity contribution in [1.29, 1.82) is 0 Å². The zero-order chi connectivity index (χ0) is 14.5. The van der Waals surface area contributed by atoms with Crippen molar-refractivity contribution in [3.05, 3.63) is 52.0 Å². The molecule has 1 aromatic heterocycles. The summed E-state index contributed by atoms with van der Waals surface area (Å²) in [6, 6.07) is 11.3. The smallest absolute Gasteiger partial charge is 0.0897 e. The monoisotopic (exact) mass is 301 g/mol. The van der Waals surface area contributed by atoms with Crippen LogP contribution in [0, 0.1) is 6.92 Å². The van der Waals surface area contributed by atoms with Crippen molar-refractivity contribution < 1.29 is 0 Å². The molecule has 0 aliphatic carbocycles. The standard InChI is InChI=1S/C17H23N3S/c1-14-19-17(13-21-14)12-20-9-5-8-18-16(11-20)10-15-6-3-2-4-7-15/h2-4,6-7,13,16,18H,5,8-12H2,1H3. The number of benzene rings is 1. The Morgan fingerprint density at radius 2 is 2.19 bits per heavy atom. The maximum absolute atomic E-state index is 4.60. The van der Waals surface area contributed by atoms with E-state index in [-0.39, 0.29) is 0 Å². The molecule has 0 bridgehead atoms. The molecule has 112 valence electrons. The van der Waals surface area contributed by atoms with E-state index in [2.05, 4.69) is 57.8 Å². The highest BCUT2D eigenvalue weighted by molar-refractivity contribution is 7.09. The SMILES string of the molecule is Cc1nc(CN2CCCNC(Cc3ccccc3)C2)cs1. The molecule has 21 heavy (non-hydrogen) atoms. The molecular formula is C17H23N3S. The molecule has 3 nitrogen and oxygen atoms in total. The van der Waals surface area contributed by atoms with Gasteiger partial charge in [0.15, 0.2) is 0 Å². The van der Waals surface area contributed by atoms with Crippen molar-refractivity contribution in [2.45, 2.75) is 32.4 Å². The van der Waals surface area contributed by atoms with Crippen LogP contribution in [-0.2, 0) is 13.0 Å². The quantitative estimate of drug-likeness (QED) is 0.941. The summed E-state index contributed by atoms with van der Waals surface area (Å²) in [5.74, 6) is 0. The number of hydrogen-bond acceptors (Lipinski definition) is 4. The molecular weight excluding hydrogens is 278 g/mol. The summed E-state index contributed by atoms with van der Waals surface area (Å²) in [6.07, 6.45) is 2.32. The van der Waals surface area contributed by atoms with Crippen LogP contribution in [0.15, 0.2) is 35.7 Å². The van der Waals surface area contributed by atoms with E-state index in [0.717, 1.165) is 32.6 Å². The number of nitrogens with one attached hydrogen (secondary N) is 1. The van der Waals surface area contributed by atoms with Gasteiger partial charge in [0.1, 0.15) is 0 Å². The van der Waals surface area contributed by atoms with Gasteiger partial charge in [0, 0.05) is 24.5 Å². The number of hydrogen-bond donors (Lipinski definition) is 1. The van der Waals surface area contributed by atoms with Gasteiger partial charge in [-0.05, 0) is 38.4 Å². The minimum absolute atomic E-state index is 0.537. The Balaban J connectivity index is 1.60. The minimum atomic E-state index is 0.537. The fraction of sp³-hybridized carbons (Fsp3) is 0.471. The maximum atomic E-state index is 4.60. The molecule has 1 aromatic carbocycles. The van der Waals surface area contributed by atoms with E-state index in [9.17, 15) is 0 Å². The van der Waals surface area contributed by atoms with Crippen LogP contribution in [0.5, 0.6) is 0 Å². The lowest BCUT2D eigenvalue weighted by atomic mass is 10.1. The summed E-state index contributed by atoms with van der Waals surface area (Å²) in [4.78, 5) is 7.14. The van der Waals surface area contributed by atoms with Crippen LogP contribution in [0.1, 0.15) is 22.7 Å². The van der Waals surface area contributed by atoms with Crippen LogP contribution >= 0.6 is 11.3 Å². The molecule has 3 rings (SSSR count). The van der Waals surface area contributed by atoms with Gasteiger partial charge in [0.25, 0.3) is 0 Å². The Bertz CT molecular complexity index is 552. The van der Waals surface area contributed by atoms with E-state index in [1.807, 2.05) is 0 Å². The number of rotatable bonds is 4. The van der Waals surface area contributed by atoms with Crippen molar-refractivity contribution in [3.8, 4) is 0 Å². The highest BCUT2D eigenvalue weighted by Gasteiger charge is 2.18. The maximum Gasteiger partial charge on any atom is 0.0897 e. The van der Waals surface area contributed by atoms with Gasteiger partial charge in [-0.1, -0.05) is 30.3 Å². The highest BCUT2D eigenvalue weighted by Crippen LogP contribution is 2.13. The average Bonchev–Trinajstić information content (AvgIpc) is 2.76. The van der Waals surface area contributed by atoms with Crippen molar-refractivity contribution in [3.63, 3.8) is 0 Å². The van der Waals surface area contributed by atoms with Crippen LogP contribution in [0.25, 0.3) is 0 Å². The number of thiazole rings is 1. The molecule has 2 heterocycles. The Kier molecular flexibility index (Phi) is 5.01. The van der Waals surface area contributed by atoms with Gasteiger partial charge in [-0.3, -0.25) is 4.90 Å². The molecule has 1 aliphatic heterocycles. The third kappa shape index (κ3) is 4.37. The number of aromatic nitrogens is 1. The molecule has 1 unspecified atom stereocenters. The van der Waals surface area contributed by atoms with E-state index in [4.69, 9.17) is 0 Å². The second-order valence-electron chi connectivity index (χ2n) is 5.79. The fourth-order valence-electron chi connectivity index (χ4n) is 2.97. The second kappa shape index (κ2) is 7.16. The topological polar surface area (TPSA) is 28.2 Å². The zero-order valence-electron chi connectivity index (χ0n) is 12.6. The lowest BCUT2D eigenvalue weighted by Crippen LogP contribution is -2.39. The van der Waals surface area contributed by atoms with Crippen molar-refractivity contribution >= 4 is 11.3 Å². The Morgan fingerprint density at radius 3 is 2.95 bits per heavy atom. The molecule has 1 fully saturated rings. The summed E-state index contributed by atoms with van der Waals surface area (Å²) in [5, 5.41) is 7.05. The van der Waals surface area contributed by atoms with Crippen LogP contribution in [0.4, 0.5) is 0 Å². The van der Waals surface area contributed by atoms with Gasteiger partial charge in [0.2, 0.25) is 0 Å². The highest BCUT2D eigenvalue weighted by atomic mass is 32.1. The molecule has 0 spiro atoms. The van der Waals surface area contributed by atoms with Gasteiger partial charge in [-0.15, -0.1) is 11.3 Å². The summed E-state index contributed by atoms with van der Waals surface area (Å²) in [5.41, 5.74) is 2.64. The minimum Gasteiger partial charge on any atom is -0.312 e. The van der Waals surface area contributed by atoms with Gasteiger partial charge >= 0.3 is 0 Å². The number of aryl methyl sites for hydroxylation is 1. The number of nitrogens with zero attached hydrogens (tertiary/aromatic N) is 2. The average molecular weight is 301 g/mol. The molecule has 1 aliphatic rings. The Labute approximate surface area is 131 Å². The van der Waals surface area contributed by atoms with Crippen molar-refractivity contribution in [2.24, 2.45) is 0 Å². The third-order valence-corrected chi connectivity index (χ3v) is 4.76. The van der Waals surface area contributed by atoms with Crippen molar-refractivity contribution in [1.82, 2.24) is 15.2 Å². The molecule has 2 aromatic rings. The fourth-order valence-corrected chi connectivity index (χ4v) is 3.57. The summed E-state index contributed by atoms with van der Waals surface area (Å²) >= 11 is 1.75. The van der Waals surface area contributed by atoms with Crippen LogP contribution in [-0.4, -0.2) is 35.6 Å². The van der Waals surface area contributed by atoms with Gasteiger partial charge in [0.05, 0.1) is 10.7 Å². The van der Waals surface area contributed by atoms with Crippen LogP contribution < -0.4 is 5.32 Å². The predicted molar refractivity (Wildman–Crippen MR) is 88.7 cm³/mol. The lowest BCUT2D eigenvalue weighted by Gasteiger charge is -2.23. The Hall–Kier alpha value is -1.23. The van der Waals surface area contributed by atoms with Gasteiger partial charge < -0.3 is 5.32 Å².